The summed E-state index contributed by atoms with van der Waals surface area (Å²) in [5, 5.41) is 8.04. The van der Waals surface area contributed by atoms with Gasteiger partial charge in [-0.05, 0) is 31.0 Å². The van der Waals surface area contributed by atoms with Gasteiger partial charge < -0.3 is 11.1 Å². The molecule has 0 fully saturated rings. The van der Waals surface area contributed by atoms with Crippen molar-refractivity contribution in [1.82, 2.24) is 0 Å². The molecule has 0 atom stereocenters. The van der Waals surface area contributed by atoms with Gasteiger partial charge in [-0.3, -0.25) is 0 Å². The number of nitrogens with one attached hydrogen (secondary N) is 1. The van der Waals surface area contributed by atoms with E-state index < -0.39 is 10.0 Å². The summed E-state index contributed by atoms with van der Waals surface area (Å²) < 4.78 is 21.6. The first-order valence-electron chi connectivity index (χ1n) is 5.44. The topological polar surface area (TPSA) is 98.2 Å². The molecule has 0 spiro atoms. The Balaban J connectivity index is 2.66. The summed E-state index contributed by atoms with van der Waals surface area (Å²) in [6.07, 6.45) is 0.434. The van der Waals surface area contributed by atoms with Crippen molar-refractivity contribution in [2.24, 2.45) is 10.9 Å². The van der Waals surface area contributed by atoms with Gasteiger partial charge in [0.2, 0.25) is 10.0 Å². The molecule has 7 heteroatoms. The van der Waals surface area contributed by atoms with Crippen molar-refractivity contribution in [3.8, 4) is 0 Å². The van der Waals surface area contributed by atoms with Crippen LogP contribution in [0.15, 0.2) is 18.2 Å². The first-order valence-corrected chi connectivity index (χ1v) is 7.57. The minimum atomic E-state index is -3.40. The van der Waals surface area contributed by atoms with E-state index in [1.807, 2.05) is 25.1 Å². The summed E-state index contributed by atoms with van der Waals surface area (Å²) in [4.78, 5) is 0.309. The molecule has 0 unspecified atom stereocenters. The molecule has 100 valence electrons. The van der Waals surface area contributed by atoms with Crippen LogP contribution in [0.4, 0.5) is 5.69 Å². The minimum Gasteiger partial charge on any atom is -0.389 e. The third-order valence-electron chi connectivity index (χ3n) is 2.36. The van der Waals surface area contributed by atoms with Gasteiger partial charge in [-0.15, -0.1) is 0 Å². The molecule has 5 N–H and O–H groups in total. The normalized spacial score (nSPS) is 11.2. The number of rotatable bonds is 6. The predicted octanol–water partition coefficient (Wildman–Crippen LogP) is 0.720. The van der Waals surface area contributed by atoms with Gasteiger partial charge in [-0.1, -0.05) is 18.3 Å². The summed E-state index contributed by atoms with van der Waals surface area (Å²) in [7, 11) is -3.40. The molecule has 0 saturated carbocycles. The lowest BCUT2D eigenvalue weighted by atomic mass is 10.1. The Kier molecular flexibility index (Phi) is 5.06. The van der Waals surface area contributed by atoms with Crippen LogP contribution in [0.5, 0.6) is 0 Å². The SMILES string of the molecule is Cc1ccc(C(N)=S)c(NCCCS(N)(=O)=O)c1. The molecule has 1 aromatic carbocycles. The first kappa shape index (κ1) is 14.9. The van der Waals surface area contributed by atoms with Crippen LogP contribution in [0.25, 0.3) is 0 Å². The van der Waals surface area contributed by atoms with Crippen LogP contribution in [0.1, 0.15) is 17.5 Å². The lowest BCUT2D eigenvalue weighted by Gasteiger charge is -2.11. The second-order valence-electron chi connectivity index (χ2n) is 4.06. The Hall–Kier alpha value is -1.18. The van der Waals surface area contributed by atoms with Crippen LogP contribution in [-0.4, -0.2) is 25.7 Å². The number of thiocarbonyl (C=S) groups is 1. The van der Waals surface area contributed by atoms with Crippen molar-refractivity contribution in [3.63, 3.8) is 0 Å². The maximum Gasteiger partial charge on any atom is 0.209 e. The second-order valence-corrected chi connectivity index (χ2v) is 6.23. The summed E-state index contributed by atoms with van der Waals surface area (Å²) in [6.45, 7) is 2.45. The van der Waals surface area contributed by atoms with Gasteiger partial charge in [-0.2, -0.15) is 0 Å². The monoisotopic (exact) mass is 287 g/mol. The second kappa shape index (κ2) is 6.12. The van der Waals surface area contributed by atoms with E-state index in [0.717, 1.165) is 16.8 Å². The Bertz CT molecular complexity index is 541. The highest BCUT2D eigenvalue weighted by Gasteiger charge is 2.06. The standard InChI is InChI=1S/C11H17N3O2S2/c1-8-3-4-9(11(12)17)10(7-8)14-5-2-6-18(13,15)16/h3-4,7,14H,2,5-6H2,1H3,(H2,12,17)(H2,13,15,16). The third kappa shape index (κ3) is 4.99. The molecule has 0 amide bonds. The van der Waals surface area contributed by atoms with Gasteiger partial charge in [0.25, 0.3) is 0 Å². The molecule has 0 saturated heterocycles. The van der Waals surface area contributed by atoms with Gasteiger partial charge in [0.1, 0.15) is 4.99 Å². The van der Waals surface area contributed by atoms with Crippen molar-refractivity contribution in [2.75, 3.05) is 17.6 Å². The molecule has 1 rings (SSSR count). The number of sulfonamides is 1. The van der Waals surface area contributed by atoms with Crippen molar-refractivity contribution >= 4 is 32.9 Å². The van der Waals surface area contributed by atoms with E-state index >= 15 is 0 Å². The van der Waals surface area contributed by atoms with Gasteiger partial charge in [-0.25, -0.2) is 13.6 Å². The van der Waals surface area contributed by atoms with E-state index in [9.17, 15) is 8.42 Å². The Morgan fingerprint density at radius 2 is 2.11 bits per heavy atom. The highest BCUT2D eigenvalue weighted by molar-refractivity contribution is 7.89. The molecule has 1 aromatic rings. The number of hydrogen-bond donors (Lipinski definition) is 3. The molecule has 0 bridgehead atoms. The molecule has 0 aliphatic rings. The number of anilines is 1. The molecule has 0 heterocycles. The van der Waals surface area contributed by atoms with E-state index in [1.54, 1.807) is 0 Å². The average molecular weight is 287 g/mol. The number of aryl methyl sites for hydroxylation is 1. The van der Waals surface area contributed by atoms with E-state index in [0.29, 0.717) is 18.0 Å². The molecule has 0 aromatic heterocycles. The molecule has 0 aliphatic carbocycles. The summed E-state index contributed by atoms with van der Waals surface area (Å²) in [5.74, 6) is -0.0474. The van der Waals surface area contributed by atoms with Crippen molar-refractivity contribution in [2.45, 2.75) is 13.3 Å². The fourth-order valence-electron chi connectivity index (χ4n) is 1.52. The average Bonchev–Trinajstić information content (AvgIpc) is 2.22. The van der Waals surface area contributed by atoms with Crippen molar-refractivity contribution in [3.05, 3.63) is 29.3 Å². The molecular formula is C11H17N3O2S2. The Morgan fingerprint density at radius 3 is 2.67 bits per heavy atom. The molecule has 18 heavy (non-hydrogen) atoms. The van der Waals surface area contributed by atoms with Gasteiger partial charge >= 0.3 is 0 Å². The zero-order valence-electron chi connectivity index (χ0n) is 10.1. The Morgan fingerprint density at radius 1 is 1.44 bits per heavy atom. The van der Waals surface area contributed by atoms with E-state index in [1.165, 1.54) is 0 Å². The van der Waals surface area contributed by atoms with E-state index in [4.69, 9.17) is 23.1 Å². The number of benzene rings is 1. The smallest absolute Gasteiger partial charge is 0.209 e. The number of hydrogen-bond acceptors (Lipinski definition) is 4. The predicted molar refractivity (Wildman–Crippen MR) is 78.1 cm³/mol. The molecule has 0 radical (unpaired) electrons. The van der Waals surface area contributed by atoms with Crippen LogP contribution < -0.4 is 16.2 Å². The van der Waals surface area contributed by atoms with Crippen molar-refractivity contribution < 1.29 is 8.42 Å². The maximum absolute atomic E-state index is 10.8. The van der Waals surface area contributed by atoms with Crippen LogP contribution in [0, 0.1) is 6.92 Å². The fourth-order valence-corrected chi connectivity index (χ4v) is 2.24. The highest BCUT2D eigenvalue weighted by atomic mass is 32.2. The van der Waals surface area contributed by atoms with E-state index in [2.05, 4.69) is 5.32 Å². The quantitative estimate of drug-likeness (QED) is 0.529. The van der Waals surface area contributed by atoms with E-state index in [-0.39, 0.29) is 5.75 Å². The van der Waals surface area contributed by atoms with Crippen molar-refractivity contribution in [1.29, 1.82) is 0 Å². The summed E-state index contributed by atoms with van der Waals surface area (Å²) in [5.41, 5.74) is 8.26. The maximum atomic E-state index is 10.8. The molecule has 0 aliphatic heterocycles. The lowest BCUT2D eigenvalue weighted by molar-refractivity contribution is 0.596. The van der Waals surface area contributed by atoms with Gasteiger partial charge in [0, 0.05) is 17.8 Å². The molecular weight excluding hydrogens is 270 g/mol. The summed E-state index contributed by atoms with van der Waals surface area (Å²) in [6, 6.07) is 5.69. The number of primary sulfonamides is 1. The van der Waals surface area contributed by atoms with Crippen LogP contribution >= 0.6 is 12.2 Å². The fraction of sp³-hybridized carbons (Fsp3) is 0.364. The van der Waals surface area contributed by atoms with Crippen LogP contribution in [-0.2, 0) is 10.0 Å². The Labute approximate surface area is 113 Å². The van der Waals surface area contributed by atoms with Crippen LogP contribution in [0.3, 0.4) is 0 Å². The lowest BCUT2D eigenvalue weighted by Crippen LogP contribution is -2.19. The largest absolute Gasteiger partial charge is 0.389 e. The van der Waals surface area contributed by atoms with Crippen LogP contribution in [0.2, 0.25) is 0 Å². The third-order valence-corrected chi connectivity index (χ3v) is 3.44. The van der Waals surface area contributed by atoms with Gasteiger partial charge in [0.15, 0.2) is 0 Å². The number of nitrogens with two attached hydrogens (primary N) is 2. The van der Waals surface area contributed by atoms with Gasteiger partial charge in [0.05, 0.1) is 5.75 Å². The highest BCUT2D eigenvalue weighted by Crippen LogP contribution is 2.17. The zero-order chi connectivity index (χ0) is 13.8. The summed E-state index contributed by atoms with van der Waals surface area (Å²) >= 11 is 4.95. The zero-order valence-corrected chi connectivity index (χ0v) is 11.8. The first-order chi connectivity index (χ1) is 8.29. The minimum absolute atomic E-state index is 0.0474. The molecule has 5 nitrogen and oxygen atoms in total.